The first-order chi connectivity index (χ1) is 14.7. The second-order valence-corrected chi connectivity index (χ2v) is 10.9. The largest absolute Gasteiger partial charge is 0.467 e. The number of carbonyl (C=O) groups is 2. The van der Waals surface area contributed by atoms with Gasteiger partial charge in [0.2, 0.25) is 15.9 Å². The highest BCUT2D eigenvalue weighted by Gasteiger charge is 2.56. The molecule has 4 rings (SSSR count). The third-order valence-corrected chi connectivity index (χ3v) is 8.97. The Morgan fingerprint density at radius 3 is 2.42 bits per heavy atom. The minimum atomic E-state index is -4.09. The van der Waals surface area contributed by atoms with Gasteiger partial charge in [0.15, 0.2) is 0 Å². The minimum absolute atomic E-state index is 0.0518. The first-order valence-corrected chi connectivity index (χ1v) is 12.4. The Hall–Kier alpha value is -1.61. The summed E-state index contributed by atoms with van der Waals surface area (Å²) in [6.45, 7) is 3.95. The summed E-state index contributed by atoms with van der Waals surface area (Å²) in [5.74, 6) is -1.15. The van der Waals surface area contributed by atoms with Crippen LogP contribution in [0.4, 0.5) is 0 Å². The number of hydrogen-bond acceptors (Lipinski definition) is 5. The van der Waals surface area contributed by atoms with Crippen LogP contribution in [0.25, 0.3) is 0 Å². The maximum atomic E-state index is 13.8. The molecule has 10 heteroatoms. The molecule has 0 spiro atoms. The summed E-state index contributed by atoms with van der Waals surface area (Å²) in [4.78, 5) is 27.6. The van der Waals surface area contributed by atoms with Gasteiger partial charge in [0.05, 0.1) is 12.0 Å². The van der Waals surface area contributed by atoms with E-state index in [1.165, 1.54) is 29.6 Å². The van der Waals surface area contributed by atoms with Crippen LogP contribution in [0.2, 0.25) is 10.0 Å². The van der Waals surface area contributed by atoms with Crippen LogP contribution in [-0.4, -0.2) is 60.8 Å². The molecule has 1 aromatic carbocycles. The molecule has 1 unspecified atom stereocenters. The highest BCUT2D eigenvalue weighted by Crippen LogP contribution is 2.44. The molecule has 2 bridgehead atoms. The second kappa shape index (κ2) is 8.39. The van der Waals surface area contributed by atoms with E-state index in [0.29, 0.717) is 32.1 Å². The molecule has 7 nitrogen and oxygen atoms in total. The Morgan fingerprint density at radius 1 is 1.13 bits per heavy atom. The topological polar surface area (TPSA) is 84.0 Å². The van der Waals surface area contributed by atoms with E-state index in [1.807, 2.05) is 0 Å². The zero-order chi connectivity index (χ0) is 22.5. The molecule has 3 fully saturated rings. The van der Waals surface area contributed by atoms with Gasteiger partial charge in [-0.15, -0.1) is 6.58 Å². The number of nitrogens with zero attached hydrogens (tertiary/aromatic N) is 2. The monoisotopic (exact) mass is 486 g/mol. The summed E-state index contributed by atoms with van der Waals surface area (Å²) in [7, 11) is -2.79. The zero-order valence-electron chi connectivity index (χ0n) is 17.0. The maximum absolute atomic E-state index is 13.8. The van der Waals surface area contributed by atoms with E-state index < -0.39 is 34.1 Å². The molecule has 0 N–H and O–H groups in total. The predicted molar refractivity (Wildman–Crippen MR) is 116 cm³/mol. The van der Waals surface area contributed by atoms with Crippen molar-refractivity contribution in [1.82, 2.24) is 9.21 Å². The van der Waals surface area contributed by atoms with Gasteiger partial charge in [-0.25, -0.2) is 13.2 Å². The van der Waals surface area contributed by atoms with Crippen LogP contribution in [0.15, 0.2) is 35.7 Å². The molecule has 0 aliphatic carbocycles. The Kier molecular flexibility index (Phi) is 6.11. The molecule has 31 heavy (non-hydrogen) atoms. The Labute approximate surface area is 192 Å². The number of hydrogen-bond donors (Lipinski definition) is 0. The van der Waals surface area contributed by atoms with Gasteiger partial charge < -0.3 is 9.64 Å². The van der Waals surface area contributed by atoms with Crippen LogP contribution in [0.3, 0.4) is 0 Å². The first-order valence-electron chi connectivity index (χ1n) is 10.2. The van der Waals surface area contributed by atoms with Gasteiger partial charge in [-0.05, 0) is 50.3 Å². The lowest BCUT2D eigenvalue weighted by atomic mass is 9.85. The number of rotatable bonds is 4. The van der Waals surface area contributed by atoms with Crippen molar-refractivity contribution in [1.29, 1.82) is 0 Å². The number of esters is 1. The van der Waals surface area contributed by atoms with Crippen molar-refractivity contribution < 1.29 is 22.7 Å². The molecule has 3 heterocycles. The van der Waals surface area contributed by atoms with Crippen LogP contribution in [-0.2, 0) is 24.3 Å². The zero-order valence-corrected chi connectivity index (χ0v) is 19.4. The van der Waals surface area contributed by atoms with Crippen molar-refractivity contribution in [3.63, 3.8) is 0 Å². The number of sulfonamides is 1. The van der Waals surface area contributed by atoms with Crippen molar-refractivity contribution in [3.8, 4) is 0 Å². The number of methoxy groups -OCH3 is 1. The third-order valence-electron chi connectivity index (χ3n) is 6.63. The number of carbonyl (C=O) groups excluding carboxylic acids is 2. The Morgan fingerprint density at radius 2 is 1.81 bits per heavy atom. The lowest BCUT2D eigenvalue weighted by Crippen LogP contribution is -2.55. The van der Waals surface area contributed by atoms with Crippen molar-refractivity contribution >= 4 is 45.1 Å². The van der Waals surface area contributed by atoms with Crippen LogP contribution < -0.4 is 0 Å². The van der Waals surface area contributed by atoms with Gasteiger partial charge >= 0.3 is 5.97 Å². The number of benzene rings is 1. The fourth-order valence-corrected chi connectivity index (χ4v) is 7.97. The number of ether oxygens (including phenoxy) is 1. The summed E-state index contributed by atoms with van der Waals surface area (Å²) < 4.78 is 33.8. The van der Waals surface area contributed by atoms with Gasteiger partial charge in [-0.3, -0.25) is 4.79 Å². The van der Waals surface area contributed by atoms with Gasteiger partial charge in [0.1, 0.15) is 12.1 Å². The Balaban J connectivity index is 1.84. The van der Waals surface area contributed by atoms with Crippen molar-refractivity contribution in [2.75, 3.05) is 7.11 Å². The first kappa shape index (κ1) is 22.6. The van der Waals surface area contributed by atoms with Gasteiger partial charge in [0.25, 0.3) is 0 Å². The van der Waals surface area contributed by atoms with Crippen LogP contribution >= 0.6 is 23.2 Å². The van der Waals surface area contributed by atoms with Gasteiger partial charge in [-0.2, -0.15) is 4.31 Å². The summed E-state index contributed by atoms with van der Waals surface area (Å²) in [6.07, 6.45) is 4.48. The van der Waals surface area contributed by atoms with E-state index in [-0.39, 0.29) is 32.8 Å². The quantitative estimate of drug-likeness (QED) is 0.481. The fourth-order valence-electron chi connectivity index (χ4n) is 5.39. The predicted octanol–water partition coefficient (Wildman–Crippen LogP) is 3.25. The van der Waals surface area contributed by atoms with Gasteiger partial charge in [-0.1, -0.05) is 29.3 Å². The SMILES string of the molecule is C=C[C@H]1[C@@H]2CC[C@@H](C(=O)OC)N2C(=O)C2CCC[C@@H]1N2S(=O)(=O)c1cc(Cl)cc(Cl)c1. The molecule has 1 aromatic rings. The minimum Gasteiger partial charge on any atom is -0.467 e. The molecule has 1 amide bonds. The summed E-state index contributed by atoms with van der Waals surface area (Å²) in [5.41, 5.74) is 0. The van der Waals surface area contributed by atoms with E-state index in [4.69, 9.17) is 27.9 Å². The Bertz CT molecular complexity index is 1010. The maximum Gasteiger partial charge on any atom is 0.328 e. The van der Waals surface area contributed by atoms with Crippen LogP contribution in [0.5, 0.6) is 0 Å². The van der Waals surface area contributed by atoms with Crippen molar-refractivity contribution in [2.45, 2.75) is 61.2 Å². The average molecular weight is 487 g/mol. The van der Waals surface area contributed by atoms with Gasteiger partial charge in [0, 0.05) is 28.0 Å². The molecule has 3 saturated heterocycles. The summed E-state index contributed by atoms with van der Waals surface area (Å²) >= 11 is 12.1. The number of halogens is 2. The van der Waals surface area contributed by atoms with Crippen molar-refractivity contribution in [2.24, 2.45) is 5.92 Å². The standard InChI is InChI=1S/C21H24Cl2N2O5S/c1-3-15-16-7-8-19(21(27)30-2)24(16)20(26)18-6-4-5-17(15)25(18)31(28,29)14-10-12(22)9-13(23)11-14/h3,9-11,15-19H,1,4-8H2,2H3/t15-,16-,17-,18?,19-/m0/s1. The third kappa shape index (κ3) is 3.67. The lowest BCUT2D eigenvalue weighted by molar-refractivity contribution is -0.153. The average Bonchev–Trinajstić information content (AvgIpc) is 3.14. The van der Waals surface area contributed by atoms with Crippen LogP contribution in [0.1, 0.15) is 32.1 Å². The molecular weight excluding hydrogens is 463 g/mol. The molecule has 5 atom stereocenters. The normalized spacial score (nSPS) is 31.1. The lowest BCUT2D eigenvalue weighted by Gasteiger charge is -2.40. The summed E-state index contributed by atoms with van der Waals surface area (Å²) in [6, 6.07) is 1.77. The molecule has 168 valence electrons. The molecule has 3 aliphatic rings. The van der Waals surface area contributed by atoms with E-state index in [2.05, 4.69) is 6.58 Å². The second-order valence-electron chi connectivity index (χ2n) is 8.20. The molecule has 0 radical (unpaired) electrons. The fraction of sp³-hybridized carbons (Fsp3) is 0.524. The number of piperidine rings is 1. The van der Waals surface area contributed by atoms with E-state index in [9.17, 15) is 18.0 Å². The molecule has 0 saturated carbocycles. The molecule has 3 aliphatic heterocycles. The number of amides is 1. The van der Waals surface area contributed by atoms with E-state index in [1.54, 1.807) is 11.0 Å². The highest BCUT2D eigenvalue weighted by atomic mass is 35.5. The van der Waals surface area contributed by atoms with E-state index in [0.717, 1.165) is 0 Å². The number of fused-ring (bicyclic) bond motifs is 3. The molecule has 0 aromatic heterocycles. The van der Waals surface area contributed by atoms with E-state index >= 15 is 0 Å². The smallest absolute Gasteiger partial charge is 0.328 e. The van der Waals surface area contributed by atoms with Crippen molar-refractivity contribution in [3.05, 3.63) is 40.9 Å². The highest BCUT2D eigenvalue weighted by molar-refractivity contribution is 7.89. The summed E-state index contributed by atoms with van der Waals surface area (Å²) in [5, 5.41) is 0.396. The molecular formula is C21H24Cl2N2O5S. The van der Waals surface area contributed by atoms with Crippen LogP contribution in [0, 0.1) is 5.92 Å².